The van der Waals surface area contributed by atoms with Gasteiger partial charge in [0.05, 0.1) is 0 Å². The smallest absolute Gasteiger partial charge is 0.446 e. The highest BCUT2D eigenvalue weighted by Crippen LogP contribution is 2.39. The van der Waals surface area contributed by atoms with E-state index >= 15 is 0 Å². The number of fused-ring (bicyclic) bond motifs is 1. The predicted molar refractivity (Wildman–Crippen MR) is 120 cm³/mol. The second kappa shape index (κ2) is 9.63. The number of carbonyl (C=O) groups is 1. The van der Waals surface area contributed by atoms with E-state index in [0.717, 1.165) is 30.3 Å². The molecule has 0 saturated carbocycles. The molecule has 1 aromatic heterocycles. The van der Waals surface area contributed by atoms with Crippen molar-refractivity contribution in [3.63, 3.8) is 0 Å². The van der Waals surface area contributed by atoms with Gasteiger partial charge in [0.25, 0.3) is 0 Å². The van der Waals surface area contributed by atoms with Crippen molar-refractivity contribution in [2.75, 3.05) is 0 Å². The maximum Gasteiger partial charge on any atom is 0.446 e. The third kappa shape index (κ3) is 5.01. The lowest BCUT2D eigenvalue weighted by Crippen LogP contribution is -2.61. The van der Waals surface area contributed by atoms with Crippen LogP contribution in [0.15, 0.2) is 39.5 Å². The van der Waals surface area contributed by atoms with Crippen LogP contribution in [0.5, 0.6) is 28.7 Å². The van der Waals surface area contributed by atoms with Gasteiger partial charge < -0.3 is 53.8 Å². The molecule has 2 heterocycles. The number of hydrogen-bond acceptors (Lipinski definition) is 14. The summed E-state index contributed by atoms with van der Waals surface area (Å²) in [5.74, 6) is -6.19. The van der Waals surface area contributed by atoms with Gasteiger partial charge in [0, 0.05) is 17.7 Å². The van der Waals surface area contributed by atoms with E-state index in [1.54, 1.807) is 0 Å². The van der Waals surface area contributed by atoms with Crippen LogP contribution in [0.2, 0.25) is 0 Å². The zero-order valence-electron chi connectivity index (χ0n) is 18.5. The minimum atomic E-state index is -5.36. The van der Waals surface area contributed by atoms with Crippen molar-refractivity contribution in [2.45, 2.75) is 30.7 Å². The topological polar surface area (TPSA) is 271 Å². The Balaban J connectivity index is 1.92. The third-order valence-corrected chi connectivity index (χ3v) is 5.76. The van der Waals surface area contributed by atoms with Gasteiger partial charge in [-0.2, -0.15) is 8.42 Å². The molecule has 1 aliphatic heterocycles. The van der Waals surface area contributed by atoms with Gasteiger partial charge in [-0.25, -0.2) is 4.79 Å². The molecular formula is C21H18O16S. The van der Waals surface area contributed by atoms with E-state index in [-0.39, 0.29) is 5.56 Å². The lowest BCUT2D eigenvalue weighted by Gasteiger charge is -2.38. The van der Waals surface area contributed by atoms with Crippen LogP contribution in [0.25, 0.3) is 22.3 Å². The number of benzene rings is 2. The van der Waals surface area contributed by atoms with Crippen molar-refractivity contribution in [3.05, 3.63) is 40.6 Å². The lowest BCUT2D eigenvalue weighted by atomic mass is 9.99. The average Bonchev–Trinajstić information content (AvgIpc) is 2.81. The van der Waals surface area contributed by atoms with Gasteiger partial charge >= 0.3 is 16.4 Å². The van der Waals surface area contributed by atoms with E-state index in [9.17, 15) is 58.3 Å². The summed E-state index contributed by atoms with van der Waals surface area (Å²) in [6, 6.07) is 4.55. The fraction of sp³-hybridized carbons (Fsp3) is 0.238. The zero-order chi connectivity index (χ0) is 28.1. The fourth-order valence-electron chi connectivity index (χ4n) is 3.66. The van der Waals surface area contributed by atoms with Crippen LogP contribution in [0, 0.1) is 0 Å². The average molecular weight is 558 g/mol. The molecule has 0 aliphatic carbocycles. The first kappa shape index (κ1) is 26.9. The molecule has 0 bridgehead atoms. The molecule has 0 spiro atoms. The Hall–Kier alpha value is -4.13. The van der Waals surface area contributed by atoms with E-state index in [4.69, 9.17) is 13.9 Å². The van der Waals surface area contributed by atoms with E-state index < -0.39 is 98.0 Å². The second-order valence-electron chi connectivity index (χ2n) is 7.97. The van der Waals surface area contributed by atoms with Crippen molar-refractivity contribution < 1.29 is 71.6 Å². The van der Waals surface area contributed by atoms with Crippen molar-refractivity contribution in [1.29, 1.82) is 0 Å². The molecule has 1 fully saturated rings. The van der Waals surface area contributed by atoms with Gasteiger partial charge in [-0.3, -0.25) is 9.35 Å². The molecule has 5 atom stereocenters. The number of hydrogen-bond donors (Lipinski definition) is 8. The van der Waals surface area contributed by atoms with E-state index in [1.165, 1.54) is 0 Å². The lowest BCUT2D eigenvalue weighted by molar-refractivity contribution is -0.270. The normalized spacial score (nSPS) is 23.7. The zero-order valence-corrected chi connectivity index (χ0v) is 19.3. The Kier molecular flexibility index (Phi) is 6.82. The summed E-state index contributed by atoms with van der Waals surface area (Å²) in [4.78, 5) is 24.7. The highest BCUT2D eigenvalue weighted by atomic mass is 32.3. The molecule has 8 N–H and O–H groups in total. The van der Waals surface area contributed by atoms with Crippen molar-refractivity contribution in [2.24, 2.45) is 0 Å². The summed E-state index contributed by atoms with van der Waals surface area (Å²) in [6.45, 7) is 0. The number of phenolic OH excluding ortho intramolecular Hbond substituents is 3. The van der Waals surface area contributed by atoms with Gasteiger partial charge in [-0.05, 0) is 18.2 Å². The van der Waals surface area contributed by atoms with Gasteiger partial charge in [0.2, 0.25) is 17.5 Å². The number of ether oxygens (including phenoxy) is 2. The summed E-state index contributed by atoms with van der Waals surface area (Å²) in [5, 5.41) is 68.1. The van der Waals surface area contributed by atoms with E-state index in [1.807, 2.05) is 0 Å². The van der Waals surface area contributed by atoms with Crippen molar-refractivity contribution >= 4 is 27.3 Å². The van der Waals surface area contributed by atoms with Crippen molar-refractivity contribution in [1.82, 2.24) is 0 Å². The van der Waals surface area contributed by atoms with Crippen LogP contribution in [0.1, 0.15) is 0 Å². The molecule has 17 heteroatoms. The van der Waals surface area contributed by atoms with Crippen LogP contribution >= 0.6 is 0 Å². The van der Waals surface area contributed by atoms with Gasteiger partial charge in [-0.1, -0.05) is 0 Å². The highest BCUT2D eigenvalue weighted by molar-refractivity contribution is 7.81. The third-order valence-electron chi connectivity index (χ3n) is 5.38. The van der Waals surface area contributed by atoms with Crippen LogP contribution in [0.4, 0.5) is 0 Å². The summed E-state index contributed by atoms with van der Waals surface area (Å²) < 4.78 is 52.5. The summed E-state index contributed by atoms with van der Waals surface area (Å²) in [6.07, 6.45) is -10.3. The fourth-order valence-corrected chi connectivity index (χ4v) is 4.02. The quantitative estimate of drug-likeness (QED) is 0.133. The summed E-state index contributed by atoms with van der Waals surface area (Å²) in [7, 11) is -5.36. The number of phenols is 3. The number of aliphatic carboxylic acids is 1. The number of aliphatic hydroxyl groups excluding tert-OH is 3. The molecular weight excluding hydrogens is 540 g/mol. The predicted octanol–water partition coefficient (Wildman–Crippen LogP) is -0.971. The number of carboxylic acids is 1. The molecule has 204 valence electrons. The van der Waals surface area contributed by atoms with E-state index in [2.05, 4.69) is 4.18 Å². The SMILES string of the molecule is O=C(O)C1OC(Oc2cc(O)cc3oc(-c4ccc(O)c(O)c4)c(OS(=O)(=O)O)c(=O)c23)C(O)C(O)C1O. The standard InChI is InChI=1S/C21H18O16S/c22-7-4-10-12(11(5-7)35-21-16(28)14(26)15(27)19(36-21)20(29)30)13(25)18(37-38(31,32)33)17(34-10)6-1-2-8(23)9(24)3-6/h1-5,14-16,19,21-24,26-28H,(H,29,30)(H,31,32,33). The van der Waals surface area contributed by atoms with Crippen LogP contribution in [-0.4, -0.2) is 85.4 Å². The Labute approximate surface area is 210 Å². The molecule has 2 aromatic carbocycles. The first-order valence-corrected chi connectivity index (χ1v) is 11.7. The molecule has 3 aromatic rings. The van der Waals surface area contributed by atoms with Crippen molar-refractivity contribution in [3.8, 4) is 40.1 Å². The molecule has 1 aliphatic rings. The minimum Gasteiger partial charge on any atom is -0.508 e. The Morgan fingerprint density at radius 1 is 0.947 bits per heavy atom. The Bertz CT molecular complexity index is 1580. The first-order valence-electron chi connectivity index (χ1n) is 10.3. The summed E-state index contributed by atoms with van der Waals surface area (Å²) >= 11 is 0. The van der Waals surface area contributed by atoms with Gasteiger partial charge in [0.15, 0.2) is 23.4 Å². The molecule has 0 radical (unpaired) electrons. The highest BCUT2D eigenvalue weighted by Gasteiger charge is 2.48. The number of rotatable bonds is 6. The Morgan fingerprint density at radius 3 is 2.24 bits per heavy atom. The number of aromatic hydroxyl groups is 3. The molecule has 16 nitrogen and oxygen atoms in total. The first-order chi connectivity index (χ1) is 17.7. The molecule has 4 rings (SSSR count). The molecule has 1 saturated heterocycles. The molecule has 38 heavy (non-hydrogen) atoms. The van der Waals surface area contributed by atoms with Crippen LogP contribution in [-0.2, 0) is 19.9 Å². The number of carboxylic acid groups (broad SMARTS) is 1. The summed E-state index contributed by atoms with van der Waals surface area (Å²) in [5.41, 5.74) is -2.07. The van der Waals surface area contributed by atoms with Crippen LogP contribution in [0.3, 0.4) is 0 Å². The Morgan fingerprint density at radius 2 is 1.63 bits per heavy atom. The number of aliphatic hydroxyl groups is 3. The van der Waals surface area contributed by atoms with Gasteiger partial charge in [-0.15, -0.1) is 0 Å². The monoisotopic (exact) mass is 558 g/mol. The van der Waals surface area contributed by atoms with Gasteiger partial charge in [0.1, 0.15) is 40.8 Å². The maximum atomic E-state index is 13.4. The maximum absolute atomic E-state index is 13.4. The molecule has 0 amide bonds. The van der Waals surface area contributed by atoms with E-state index in [0.29, 0.717) is 0 Å². The second-order valence-corrected chi connectivity index (χ2v) is 9.00. The molecule has 5 unspecified atom stereocenters. The minimum absolute atomic E-state index is 0.226. The largest absolute Gasteiger partial charge is 0.508 e. The van der Waals surface area contributed by atoms with Crippen LogP contribution < -0.4 is 14.3 Å².